The molecule has 0 bridgehead atoms. The molecule has 1 heterocycles. The van der Waals surface area contributed by atoms with Crippen LogP contribution in [-0.2, 0) is 13.1 Å². The molecule has 0 unspecified atom stereocenters. The number of nitrogens with one attached hydrogen (secondary N) is 1. The van der Waals surface area contributed by atoms with Gasteiger partial charge in [0.05, 0.1) is 12.5 Å². The summed E-state index contributed by atoms with van der Waals surface area (Å²) >= 11 is 9.35. The van der Waals surface area contributed by atoms with Crippen LogP contribution in [0, 0.1) is 0 Å². The van der Waals surface area contributed by atoms with Crippen molar-refractivity contribution < 1.29 is 4.42 Å². The summed E-state index contributed by atoms with van der Waals surface area (Å²) < 4.78 is 6.02. The Bertz CT molecular complexity index is 456. The molecule has 1 aromatic heterocycles. The molecule has 2 nitrogen and oxygen atoms in total. The smallest absolute Gasteiger partial charge is 0.0947 e. The molecule has 2 aromatic rings. The van der Waals surface area contributed by atoms with Crippen molar-refractivity contribution in [2.45, 2.75) is 13.1 Å². The number of furan rings is 1. The highest BCUT2D eigenvalue weighted by Crippen LogP contribution is 2.21. The maximum atomic E-state index is 5.87. The van der Waals surface area contributed by atoms with E-state index < -0.39 is 0 Å². The van der Waals surface area contributed by atoms with Crippen LogP contribution < -0.4 is 5.32 Å². The quantitative estimate of drug-likeness (QED) is 0.924. The third-order valence-corrected chi connectivity index (χ3v) is 3.21. The lowest BCUT2D eigenvalue weighted by Crippen LogP contribution is -2.12. The van der Waals surface area contributed by atoms with E-state index in [2.05, 4.69) is 21.2 Å². The molecule has 0 radical (unpaired) electrons. The molecule has 0 spiro atoms. The van der Waals surface area contributed by atoms with Gasteiger partial charge < -0.3 is 9.73 Å². The zero-order valence-electron chi connectivity index (χ0n) is 8.54. The first kappa shape index (κ1) is 11.7. The molecule has 0 fully saturated rings. The minimum Gasteiger partial charge on any atom is -0.472 e. The number of halogens is 2. The summed E-state index contributed by atoms with van der Waals surface area (Å²) in [6.07, 6.45) is 3.42. The van der Waals surface area contributed by atoms with Gasteiger partial charge in [-0.1, -0.05) is 33.6 Å². The molecule has 0 aliphatic carbocycles. The van der Waals surface area contributed by atoms with E-state index in [1.165, 1.54) is 5.56 Å². The van der Waals surface area contributed by atoms with Gasteiger partial charge in [-0.15, -0.1) is 0 Å². The Morgan fingerprint density at radius 1 is 1.25 bits per heavy atom. The van der Waals surface area contributed by atoms with Gasteiger partial charge in [0.1, 0.15) is 0 Å². The number of benzene rings is 1. The summed E-state index contributed by atoms with van der Waals surface area (Å²) in [7, 11) is 0. The first-order valence-electron chi connectivity index (χ1n) is 4.91. The van der Waals surface area contributed by atoms with Crippen molar-refractivity contribution in [1.29, 1.82) is 0 Å². The van der Waals surface area contributed by atoms with E-state index in [-0.39, 0.29) is 0 Å². The standard InChI is InChI=1S/C12H11BrClNO/c13-12-5-11(14)2-1-10(12)7-15-6-9-3-4-16-8-9/h1-5,8,15H,6-7H2. The fourth-order valence-electron chi connectivity index (χ4n) is 1.40. The Morgan fingerprint density at radius 2 is 2.12 bits per heavy atom. The van der Waals surface area contributed by atoms with Crippen LogP contribution >= 0.6 is 27.5 Å². The topological polar surface area (TPSA) is 25.2 Å². The lowest BCUT2D eigenvalue weighted by atomic mass is 10.2. The van der Waals surface area contributed by atoms with Crippen molar-refractivity contribution in [2.24, 2.45) is 0 Å². The SMILES string of the molecule is Clc1ccc(CNCc2ccoc2)c(Br)c1. The van der Waals surface area contributed by atoms with Gasteiger partial charge in [0.15, 0.2) is 0 Å². The second kappa shape index (κ2) is 5.53. The Morgan fingerprint density at radius 3 is 2.81 bits per heavy atom. The zero-order valence-corrected chi connectivity index (χ0v) is 10.9. The molecule has 0 saturated heterocycles. The molecule has 0 amide bonds. The van der Waals surface area contributed by atoms with Crippen molar-refractivity contribution in [3.63, 3.8) is 0 Å². The number of rotatable bonds is 4. The van der Waals surface area contributed by atoms with Gasteiger partial charge in [-0.25, -0.2) is 0 Å². The third kappa shape index (κ3) is 3.11. The number of hydrogen-bond acceptors (Lipinski definition) is 2. The van der Waals surface area contributed by atoms with Crippen molar-refractivity contribution >= 4 is 27.5 Å². The molecule has 4 heteroatoms. The van der Waals surface area contributed by atoms with Crippen LogP contribution in [0.1, 0.15) is 11.1 Å². The predicted octanol–water partition coefficient (Wildman–Crippen LogP) is 3.99. The highest BCUT2D eigenvalue weighted by Gasteiger charge is 2.00. The van der Waals surface area contributed by atoms with E-state index in [1.54, 1.807) is 12.5 Å². The van der Waals surface area contributed by atoms with Crippen molar-refractivity contribution in [3.05, 3.63) is 57.4 Å². The van der Waals surface area contributed by atoms with E-state index in [0.29, 0.717) is 0 Å². The Balaban J connectivity index is 1.90. The molecule has 1 N–H and O–H groups in total. The van der Waals surface area contributed by atoms with E-state index in [4.69, 9.17) is 16.0 Å². The lowest BCUT2D eigenvalue weighted by Gasteiger charge is -2.06. The van der Waals surface area contributed by atoms with Crippen LogP contribution in [0.3, 0.4) is 0 Å². The second-order valence-corrected chi connectivity index (χ2v) is 4.76. The Hall–Kier alpha value is -0.770. The summed E-state index contributed by atoms with van der Waals surface area (Å²) in [6, 6.07) is 7.75. The van der Waals surface area contributed by atoms with Crippen molar-refractivity contribution in [1.82, 2.24) is 5.32 Å². The fraction of sp³-hybridized carbons (Fsp3) is 0.167. The maximum absolute atomic E-state index is 5.87. The van der Waals surface area contributed by atoms with Gasteiger partial charge in [-0.05, 0) is 23.8 Å². The van der Waals surface area contributed by atoms with Crippen LogP contribution in [0.4, 0.5) is 0 Å². The molecule has 16 heavy (non-hydrogen) atoms. The van der Waals surface area contributed by atoms with E-state index >= 15 is 0 Å². The van der Waals surface area contributed by atoms with Crippen LogP contribution in [0.25, 0.3) is 0 Å². The molecule has 0 aliphatic rings. The Labute approximate surface area is 108 Å². The molecule has 0 atom stereocenters. The first-order chi connectivity index (χ1) is 7.75. The van der Waals surface area contributed by atoms with Gasteiger partial charge in [0.25, 0.3) is 0 Å². The average molecular weight is 301 g/mol. The largest absolute Gasteiger partial charge is 0.472 e. The van der Waals surface area contributed by atoms with Crippen LogP contribution in [0.5, 0.6) is 0 Å². The number of hydrogen-bond donors (Lipinski definition) is 1. The molecular weight excluding hydrogens is 289 g/mol. The van der Waals surface area contributed by atoms with Crippen LogP contribution in [-0.4, -0.2) is 0 Å². The maximum Gasteiger partial charge on any atom is 0.0947 e. The summed E-state index contributed by atoms with van der Waals surface area (Å²) in [5.74, 6) is 0. The van der Waals surface area contributed by atoms with Crippen LogP contribution in [0.2, 0.25) is 5.02 Å². The fourth-order valence-corrected chi connectivity index (χ4v) is 2.22. The van der Waals surface area contributed by atoms with Gasteiger partial charge in [0.2, 0.25) is 0 Å². The summed E-state index contributed by atoms with van der Waals surface area (Å²) in [4.78, 5) is 0. The van der Waals surface area contributed by atoms with Gasteiger partial charge in [-0.2, -0.15) is 0 Å². The highest BCUT2D eigenvalue weighted by atomic mass is 79.9. The summed E-state index contributed by atoms with van der Waals surface area (Å²) in [5.41, 5.74) is 2.33. The van der Waals surface area contributed by atoms with Gasteiger partial charge in [-0.3, -0.25) is 0 Å². The molecule has 84 valence electrons. The average Bonchev–Trinajstić information content (AvgIpc) is 2.74. The monoisotopic (exact) mass is 299 g/mol. The first-order valence-corrected chi connectivity index (χ1v) is 6.08. The minimum atomic E-state index is 0.741. The van der Waals surface area contributed by atoms with E-state index in [9.17, 15) is 0 Å². The van der Waals surface area contributed by atoms with Crippen molar-refractivity contribution in [2.75, 3.05) is 0 Å². The predicted molar refractivity (Wildman–Crippen MR) is 68.4 cm³/mol. The molecule has 1 aromatic carbocycles. The molecule has 2 rings (SSSR count). The lowest BCUT2D eigenvalue weighted by molar-refractivity contribution is 0.560. The zero-order chi connectivity index (χ0) is 11.4. The Kier molecular flexibility index (Phi) is 4.04. The van der Waals surface area contributed by atoms with Gasteiger partial charge >= 0.3 is 0 Å². The summed E-state index contributed by atoms with van der Waals surface area (Å²) in [5, 5.41) is 4.07. The normalized spacial score (nSPS) is 10.6. The van der Waals surface area contributed by atoms with E-state index in [1.807, 2.05) is 24.3 Å². The third-order valence-electron chi connectivity index (χ3n) is 2.24. The minimum absolute atomic E-state index is 0.741. The second-order valence-electron chi connectivity index (χ2n) is 3.47. The molecule has 0 aliphatic heterocycles. The van der Waals surface area contributed by atoms with E-state index in [0.717, 1.165) is 28.1 Å². The molecule has 0 saturated carbocycles. The van der Waals surface area contributed by atoms with Gasteiger partial charge in [0, 0.05) is 28.1 Å². The summed E-state index contributed by atoms with van der Waals surface area (Å²) in [6.45, 7) is 1.59. The highest BCUT2D eigenvalue weighted by molar-refractivity contribution is 9.10. The van der Waals surface area contributed by atoms with Crippen molar-refractivity contribution in [3.8, 4) is 0 Å². The molecular formula is C12H11BrClNO. The van der Waals surface area contributed by atoms with Crippen LogP contribution in [0.15, 0.2) is 45.7 Å².